The second-order valence-corrected chi connectivity index (χ2v) is 6.18. The molecule has 0 saturated heterocycles. The van der Waals surface area contributed by atoms with Gasteiger partial charge in [-0.05, 0) is 30.0 Å². The second kappa shape index (κ2) is 7.49. The zero-order chi connectivity index (χ0) is 16.9. The van der Waals surface area contributed by atoms with E-state index in [-0.39, 0.29) is 12.1 Å². The number of nitrogens with one attached hydrogen (secondary N) is 1. The van der Waals surface area contributed by atoms with Crippen LogP contribution in [0.25, 0.3) is 0 Å². The number of fused-ring (bicyclic) bond motifs is 1. The summed E-state index contributed by atoms with van der Waals surface area (Å²) in [6, 6.07) is 16.7. The molecule has 24 heavy (non-hydrogen) atoms. The quantitative estimate of drug-likeness (QED) is 0.877. The van der Waals surface area contributed by atoms with Crippen molar-refractivity contribution in [1.82, 2.24) is 10.2 Å². The number of hydrogen-bond donors (Lipinski definition) is 1. The Kier molecular flexibility index (Phi) is 5.16. The van der Waals surface area contributed by atoms with Crippen LogP contribution >= 0.6 is 0 Å². The summed E-state index contributed by atoms with van der Waals surface area (Å²) in [5.74, 6) is 0. The van der Waals surface area contributed by atoms with Crippen LogP contribution in [0.5, 0.6) is 0 Å². The van der Waals surface area contributed by atoms with E-state index < -0.39 is 0 Å². The standard InChI is InChI=1S/C20H24N2O2/c1-15-8-9-18-17(14-15)10-12-22(20(23)21-11-13-24-2)19(18)16-6-4-3-5-7-16/h3-9,14,19H,10-13H2,1-2H3,(H,21,23). The Morgan fingerprint density at radius 2 is 2.04 bits per heavy atom. The maximum absolute atomic E-state index is 12.7. The molecule has 1 unspecified atom stereocenters. The Hall–Kier alpha value is -2.33. The monoisotopic (exact) mass is 324 g/mol. The molecule has 126 valence electrons. The molecule has 1 atom stereocenters. The molecule has 0 aliphatic carbocycles. The summed E-state index contributed by atoms with van der Waals surface area (Å²) < 4.78 is 5.03. The van der Waals surface area contributed by atoms with E-state index in [1.807, 2.05) is 23.1 Å². The molecular formula is C20H24N2O2. The predicted molar refractivity (Wildman–Crippen MR) is 95.1 cm³/mol. The average molecular weight is 324 g/mol. The van der Waals surface area contributed by atoms with Crippen LogP contribution in [0, 0.1) is 6.92 Å². The van der Waals surface area contributed by atoms with Crippen LogP contribution in [0.4, 0.5) is 4.79 Å². The number of benzene rings is 2. The fraction of sp³-hybridized carbons (Fsp3) is 0.350. The topological polar surface area (TPSA) is 41.6 Å². The van der Waals surface area contributed by atoms with E-state index in [4.69, 9.17) is 4.74 Å². The fourth-order valence-corrected chi connectivity index (χ4v) is 3.33. The molecule has 4 nitrogen and oxygen atoms in total. The average Bonchev–Trinajstić information content (AvgIpc) is 2.61. The van der Waals surface area contributed by atoms with Crippen molar-refractivity contribution in [1.29, 1.82) is 0 Å². The first-order chi connectivity index (χ1) is 11.7. The highest BCUT2D eigenvalue weighted by Gasteiger charge is 2.31. The van der Waals surface area contributed by atoms with Crippen LogP contribution < -0.4 is 5.32 Å². The number of urea groups is 1. The minimum absolute atomic E-state index is 0.0351. The van der Waals surface area contributed by atoms with Crippen LogP contribution in [-0.4, -0.2) is 37.7 Å². The van der Waals surface area contributed by atoms with E-state index in [1.165, 1.54) is 16.7 Å². The largest absolute Gasteiger partial charge is 0.383 e. The third kappa shape index (κ3) is 3.44. The van der Waals surface area contributed by atoms with E-state index >= 15 is 0 Å². The minimum Gasteiger partial charge on any atom is -0.383 e. The van der Waals surface area contributed by atoms with Gasteiger partial charge in [0.25, 0.3) is 0 Å². The summed E-state index contributed by atoms with van der Waals surface area (Å²) in [7, 11) is 1.64. The van der Waals surface area contributed by atoms with Gasteiger partial charge in [-0.3, -0.25) is 0 Å². The minimum atomic E-state index is -0.0434. The number of carbonyl (C=O) groups excluding carboxylic acids is 1. The van der Waals surface area contributed by atoms with Crippen LogP contribution in [0.2, 0.25) is 0 Å². The number of aryl methyl sites for hydroxylation is 1. The van der Waals surface area contributed by atoms with Crippen LogP contribution in [-0.2, 0) is 11.2 Å². The van der Waals surface area contributed by atoms with Crippen molar-refractivity contribution in [3.63, 3.8) is 0 Å². The molecule has 0 aromatic heterocycles. The zero-order valence-corrected chi connectivity index (χ0v) is 14.3. The highest BCUT2D eigenvalue weighted by atomic mass is 16.5. The van der Waals surface area contributed by atoms with E-state index in [0.29, 0.717) is 13.2 Å². The summed E-state index contributed by atoms with van der Waals surface area (Å²) in [6.07, 6.45) is 0.887. The molecular weight excluding hydrogens is 300 g/mol. The molecule has 0 fully saturated rings. The third-order valence-corrected chi connectivity index (χ3v) is 4.49. The molecule has 0 saturated carbocycles. The van der Waals surface area contributed by atoms with Gasteiger partial charge in [-0.25, -0.2) is 4.79 Å². The van der Waals surface area contributed by atoms with Crippen molar-refractivity contribution in [3.05, 3.63) is 70.8 Å². The lowest BCUT2D eigenvalue weighted by molar-refractivity contribution is 0.168. The lowest BCUT2D eigenvalue weighted by Gasteiger charge is -2.38. The number of ether oxygens (including phenoxy) is 1. The van der Waals surface area contributed by atoms with Gasteiger partial charge < -0.3 is 15.0 Å². The summed E-state index contributed by atoms with van der Waals surface area (Å²) in [5.41, 5.74) is 4.97. The van der Waals surface area contributed by atoms with Crippen molar-refractivity contribution in [2.24, 2.45) is 0 Å². The summed E-state index contributed by atoms with van der Waals surface area (Å²) in [5, 5.41) is 2.96. The van der Waals surface area contributed by atoms with Crippen LogP contribution in [0.3, 0.4) is 0 Å². The van der Waals surface area contributed by atoms with E-state index in [2.05, 4.69) is 42.6 Å². The maximum Gasteiger partial charge on any atom is 0.318 e. The summed E-state index contributed by atoms with van der Waals surface area (Å²) in [6.45, 7) is 3.87. The lowest BCUT2D eigenvalue weighted by Crippen LogP contribution is -2.46. The van der Waals surface area contributed by atoms with Gasteiger partial charge in [0.2, 0.25) is 0 Å². The Morgan fingerprint density at radius 1 is 1.25 bits per heavy atom. The molecule has 1 N–H and O–H groups in total. The third-order valence-electron chi connectivity index (χ3n) is 4.49. The fourth-order valence-electron chi connectivity index (χ4n) is 3.33. The first-order valence-electron chi connectivity index (χ1n) is 8.38. The van der Waals surface area contributed by atoms with Crippen molar-refractivity contribution in [2.75, 3.05) is 26.8 Å². The van der Waals surface area contributed by atoms with Gasteiger partial charge in [-0.2, -0.15) is 0 Å². The first-order valence-corrected chi connectivity index (χ1v) is 8.38. The second-order valence-electron chi connectivity index (χ2n) is 6.18. The molecule has 2 aromatic carbocycles. The van der Waals surface area contributed by atoms with Crippen LogP contribution in [0.15, 0.2) is 48.5 Å². The maximum atomic E-state index is 12.7. The van der Waals surface area contributed by atoms with Gasteiger partial charge in [0.15, 0.2) is 0 Å². The molecule has 0 radical (unpaired) electrons. The van der Waals surface area contributed by atoms with Gasteiger partial charge >= 0.3 is 6.03 Å². The van der Waals surface area contributed by atoms with Gasteiger partial charge in [-0.1, -0.05) is 54.1 Å². The summed E-state index contributed by atoms with van der Waals surface area (Å²) >= 11 is 0. The Bertz CT molecular complexity index is 700. The van der Waals surface area contributed by atoms with Crippen molar-refractivity contribution < 1.29 is 9.53 Å². The Labute approximate surface area is 143 Å². The number of hydrogen-bond acceptors (Lipinski definition) is 2. The highest BCUT2D eigenvalue weighted by molar-refractivity contribution is 5.76. The Morgan fingerprint density at radius 3 is 2.79 bits per heavy atom. The van der Waals surface area contributed by atoms with Gasteiger partial charge in [0.05, 0.1) is 12.6 Å². The van der Waals surface area contributed by atoms with Crippen molar-refractivity contribution in [2.45, 2.75) is 19.4 Å². The van der Waals surface area contributed by atoms with Gasteiger partial charge in [0, 0.05) is 20.2 Å². The van der Waals surface area contributed by atoms with Gasteiger partial charge in [0.1, 0.15) is 0 Å². The number of methoxy groups -OCH3 is 1. The predicted octanol–water partition coefficient (Wildman–Crippen LogP) is 3.30. The molecule has 0 spiro atoms. The number of carbonyl (C=O) groups is 1. The number of rotatable bonds is 4. The van der Waals surface area contributed by atoms with Crippen LogP contribution in [0.1, 0.15) is 28.3 Å². The molecule has 4 heteroatoms. The number of nitrogens with zero attached hydrogens (tertiary/aromatic N) is 1. The van der Waals surface area contributed by atoms with Gasteiger partial charge in [-0.15, -0.1) is 0 Å². The SMILES string of the molecule is COCCNC(=O)N1CCc2cc(C)ccc2C1c1ccccc1. The smallest absolute Gasteiger partial charge is 0.318 e. The Balaban J connectivity index is 1.94. The first kappa shape index (κ1) is 16.5. The summed E-state index contributed by atoms with van der Waals surface area (Å²) in [4.78, 5) is 14.6. The normalized spacial score (nSPS) is 16.6. The molecule has 2 amide bonds. The molecule has 2 aromatic rings. The highest BCUT2D eigenvalue weighted by Crippen LogP contribution is 2.35. The van der Waals surface area contributed by atoms with E-state index in [9.17, 15) is 4.79 Å². The van der Waals surface area contributed by atoms with E-state index in [0.717, 1.165) is 18.5 Å². The van der Waals surface area contributed by atoms with E-state index in [1.54, 1.807) is 7.11 Å². The van der Waals surface area contributed by atoms with Crippen molar-refractivity contribution in [3.8, 4) is 0 Å². The molecule has 1 aliphatic rings. The molecule has 1 aliphatic heterocycles. The number of amides is 2. The molecule has 0 bridgehead atoms. The lowest BCUT2D eigenvalue weighted by atomic mass is 9.87. The zero-order valence-electron chi connectivity index (χ0n) is 14.3. The van der Waals surface area contributed by atoms with Crippen molar-refractivity contribution >= 4 is 6.03 Å². The molecule has 1 heterocycles. The molecule has 3 rings (SSSR count).